The number of rotatable bonds is 5. The van der Waals surface area contributed by atoms with Crippen molar-refractivity contribution in [3.63, 3.8) is 0 Å². The first kappa shape index (κ1) is 24.7. The van der Waals surface area contributed by atoms with Crippen LogP contribution in [-0.4, -0.2) is 12.1 Å². The summed E-state index contributed by atoms with van der Waals surface area (Å²) in [5.41, 5.74) is -5.00. The van der Waals surface area contributed by atoms with Crippen molar-refractivity contribution < 1.29 is 26.3 Å². The van der Waals surface area contributed by atoms with Gasteiger partial charge in [-0.15, -0.1) is 33.2 Å². The molecule has 0 radical (unpaired) electrons. The highest BCUT2D eigenvalue weighted by Crippen LogP contribution is 2.64. The Morgan fingerprint density at radius 3 is 1.10 bits per heavy atom. The Morgan fingerprint density at radius 2 is 0.800 bits per heavy atom. The molecule has 0 aliphatic carbocycles. The standard InChI is InChI=1S/C22H17F6P.HI/c23-20(18-14-8-3-9-15-18,21(24,25)22(26,27)28)19(29,16-10-4-1-5-11-16)17-12-6-2-7-13-17;/h1-15H,29H2;1H. The number of benzene rings is 3. The largest absolute Gasteiger partial charge is 0.457 e. The van der Waals surface area contributed by atoms with Crippen molar-refractivity contribution in [2.45, 2.75) is 22.9 Å². The Labute approximate surface area is 189 Å². The van der Waals surface area contributed by atoms with Gasteiger partial charge in [-0.05, 0) is 16.7 Å². The van der Waals surface area contributed by atoms with Crippen LogP contribution in [0.5, 0.6) is 0 Å². The molecular formula is C22H18F6IP. The Bertz CT molecular complexity index is 908. The van der Waals surface area contributed by atoms with E-state index >= 15 is 13.2 Å². The molecule has 0 aliphatic rings. The van der Waals surface area contributed by atoms with Crippen molar-refractivity contribution in [1.82, 2.24) is 0 Å². The van der Waals surface area contributed by atoms with Gasteiger partial charge in [0.15, 0.2) is 0 Å². The van der Waals surface area contributed by atoms with Gasteiger partial charge in [-0.3, -0.25) is 0 Å². The minimum absolute atomic E-state index is 0. The van der Waals surface area contributed by atoms with Crippen molar-refractivity contribution in [2.75, 3.05) is 0 Å². The minimum atomic E-state index is -6.12. The average Bonchev–Trinajstić information content (AvgIpc) is 2.73. The van der Waals surface area contributed by atoms with Crippen molar-refractivity contribution in [1.29, 1.82) is 0 Å². The molecule has 0 aliphatic heterocycles. The lowest BCUT2D eigenvalue weighted by molar-refractivity contribution is -0.336. The number of hydrogen-bond acceptors (Lipinski definition) is 0. The third-order valence-electron chi connectivity index (χ3n) is 4.96. The summed E-state index contributed by atoms with van der Waals surface area (Å²) in [5, 5.41) is -2.43. The molecule has 30 heavy (non-hydrogen) atoms. The fourth-order valence-electron chi connectivity index (χ4n) is 3.49. The third-order valence-corrected chi connectivity index (χ3v) is 6.03. The molecule has 0 saturated carbocycles. The molecule has 0 spiro atoms. The van der Waals surface area contributed by atoms with Gasteiger partial charge in [0.2, 0.25) is 5.67 Å². The maximum Gasteiger partial charge on any atom is 0.457 e. The maximum absolute atomic E-state index is 16.7. The summed E-state index contributed by atoms with van der Waals surface area (Å²) >= 11 is 0. The van der Waals surface area contributed by atoms with Crippen LogP contribution in [0.4, 0.5) is 26.3 Å². The second kappa shape index (κ2) is 8.87. The molecule has 0 bridgehead atoms. The Hall–Kier alpha value is -1.60. The Kier molecular flexibility index (Phi) is 7.29. The van der Waals surface area contributed by atoms with E-state index in [-0.39, 0.29) is 35.1 Å². The molecule has 0 amide bonds. The molecule has 8 heteroatoms. The van der Waals surface area contributed by atoms with Crippen LogP contribution < -0.4 is 0 Å². The highest BCUT2D eigenvalue weighted by atomic mass is 127. The predicted molar refractivity (Wildman–Crippen MR) is 119 cm³/mol. The first-order chi connectivity index (χ1) is 13.6. The molecule has 3 aromatic rings. The molecule has 0 heterocycles. The monoisotopic (exact) mass is 554 g/mol. The fraction of sp³-hybridized carbons (Fsp3) is 0.182. The van der Waals surface area contributed by atoms with Crippen LogP contribution in [0.1, 0.15) is 16.7 Å². The van der Waals surface area contributed by atoms with Gasteiger partial charge in [0.25, 0.3) is 0 Å². The summed E-state index contributed by atoms with van der Waals surface area (Å²) in [6.07, 6.45) is -6.12. The molecule has 0 aromatic heterocycles. The van der Waals surface area contributed by atoms with E-state index in [1.165, 1.54) is 66.7 Å². The third kappa shape index (κ3) is 3.75. The molecule has 0 fully saturated rings. The molecule has 3 aromatic carbocycles. The van der Waals surface area contributed by atoms with Crippen LogP contribution in [0.15, 0.2) is 91.0 Å². The Balaban J connectivity index is 0.00000320. The minimum Gasteiger partial charge on any atom is -0.230 e. The first-order valence-electron chi connectivity index (χ1n) is 8.65. The van der Waals surface area contributed by atoms with E-state index in [9.17, 15) is 13.2 Å². The van der Waals surface area contributed by atoms with Gasteiger partial charge < -0.3 is 0 Å². The van der Waals surface area contributed by atoms with Gasteiger partial charge in [-0.1, -0.05) is 91.0 Å². The smallest absolute Gasteiger partial charge is 0.230 e. The number of hydrogen-bond donors (Lipinski definition) is 0. The van der Waals surface area contributed by atoms with Gasteiger partial charge >= 0.3 is 12.1 Å². The summed E-state index contributed by atoms with van der Waals surface area (Å²) in [6, 6.07) is 20.1. The quantitative estimate of drug-likeness (QED) is 0.174. The summed E-state index contributed by atoms with van der Waals surface area (Å²) < 4.78 is 87.5. The van der Waals surface area contributed by atoms with E-state index < -0.39 is 28.5 Å². The summed E-state index contributed by atoms with van der Waals surface area (Å²) in [7, 11) is 1.95. The van der Waals surface area contributed by atoms with Crippen LogP contribution in [0.2, 0.25) is 0 Å². The van der Waals surface area contributed by atoms with Gasteiger partial charge in [0.05, 0.1) is 5.16 Å². The van der Waals surface area contributed by atoms with E-state index in [1.807, 2.05) is 9.24 Å². The van der Waals surface area contributed by atoms with Gasteiger partial charge in [-0.25, -0.2) is 4.39 Å². The van der Waals surface area contributed by atoms with Gasteiger partial charge in [-0.2, -0.15) is 22.0 Å². The molecule has 3 rings (SSSR count). The van der Waals surface area contributed by atoms with Crippen LogP contribution in [0.25, 0.3) is 0 Å². The molecule has 0 nitrogen and oxygen atoms in total. The van der Waals surface area contributed by atoms with Crippen molar-refractivity contribution in [3.8, 4) is 0 Å². The summed E-state index contributed by atoms with van der Waals surface area (Å²) in [6.45, 7) is 0. The second-order valence-corrected chi connectivity index (χ2v) is 7.50. The van der Waals surface area contributed by atoms with Gasteiger partial charge in [0.1, 0.15) is 0 Å². The number of halogens is 7. The average molecular weight is 554 g/mol. The van der Waals surface area contributed by atoms with E-state index in [4.69, 9.17) is 0 Å². The SMILES string of the molecule is FC(F)(F)C(F)(F)C(F)(c1ccccc1)C(P)(c1ccccc1)c1ccccc1.I. The van der Waals surface area contributed by atoms with Crippen molar-refractivity contribution in [2.24, 2.45) is 0 Å². The molecular weight excluding hydrogens is 536 g/mol. The van der Waals surface area contributed by atoms with Crippen LogP contribution >= 0.6 is 33.2 Å². The zero-order valence-corrected chi connectivity index (χ0v) is 18.9. The molecule has 0 N–H and O–H groups in total. The zero-order chi connectivity index (χ0) is 21.3. The molecule has 2 unspecified atom stereocenters. The lowest BCUT2D eigenvalue weighted by Crippen LogP contribution is -2.61. The van der Waals surface area contributed by atoms with E-state index in [0.717, 1.165) is 12.1 Å². The zero-order valence-electron chi connectivity index (χ0n) is 15.4. The van der Waals surface area contributed by atoms with E-state index in [0.29, 0.717) is 0 Å². The highest BCUT2D eigenvalue weighted by molar-refractivity contribution is 14.0. The lowest BCUT2D eigenvalue weighted by Gasteiger charge is -2.48. The first-order valence-corrected chi connectivity index (χ1v) is 9.23. The topological polar surface area (TPSA) is 0 Å². The maximum atomic E-state index is 16.7. The Morgan fingerprint density at radius 1 is 0.500 bits per heavy atom. The van der Waals surface area contributed by atoms with Crippen LogP contribution in [0, 0.1) is 0 Å². The predicted octanol–water partition coefficient (Wildman–Crippen LogP) is 7.49. The molecule has 2 atom stereocenters. The van der Waals surface area contributed by atoms with Crippen molar-refractivity contribution >= 4 is 33.2 Å². The highest BCUT2D eigenvalue weighted by Gasteiger charge is 2.78. The second-order valence-electron chi connectivity index (χ2n) is 6.64. The van der Waals surface area contributed by atoms with Crippen LogP contribution in [0.3, 0.4) is 0 Å². The van der Waals surface area contributed by atoms with Crippen LogP contribution in [-0.2, 0) is 10.8 Å². The van der Waals surface area contributed by atoms with Gasteiger partial charge in [0, 0.05) is 0 Å². The van der Waals surface area contributed by atoms with Crippen molar-refractivity contribution in [3.05, 3.63) is 108 Å². The summed E-state index contributed by atoms with van der Waals surface area (Å²) in [4.78, 5) is 0. The molecule has 0 saturated heterocycles. The lowest BCUT2D eigenvalue weighted by atomic mass is 9.70. The summed E-state index contributed by atoms with van der Waals surface area (Å²) in [5.74, 6) is -5.70. The fourth-order valence-corrected chi connectivity index (χ4v) is 4.22. The number of alkyl halides is 6. The van der Waals surface area contributed by atoms with E-state index in [1.54, 1.807) is 12.1 Å². The normalized spacial score (nSPS) is 14.5. The van der Waals surface area contributed by atoms with E-state index in [2.05, 4.69) is 0 Å². The molecule has 160 valence electrons.